The molecule has 2 N–H and O–H groups in total. The number of anilines is 1. The Labute approximate surface area is 130 Å². The van der Waals surface area contributed by atoms with Gasteiger partial charge in [0.1, 0.15) is 0 Å². The lowest BCUT2D eigenvalue weighted by atomic mass is 10.1. The molecule has 0 unspecified atom stereocenters. The lowest BCUT2D eigenvalue weighted by molar-refractivity contribution is 0.102. The molecule has 0 spiro atoms. The molecule has 22 heavy (non-hydrogen) atoms. The van der Waals surface area contributed by atoms with E-state index in [1.54, 1.807) is 49.2 Å². The van der Waals surface area contributed by atoms with Crippen LogP contribution in [0.2, 0.25) is 0 Å². The number of carbonyl (C=O) groups excluding carboxylic acids is 1. The molecule has 0 aliphatic rings. The summed E-state index contributed by atoms with van der Waals surface area (Å²) in [6.45, 7) is 0. The van der Waals surface area contributed by atoms with Crippen molar-refractivity contribution in [2.45, 2.75) is 0 Å². The molecule has 2 aromatic heterocycles. The Morgan fingerprint density at radius 3 is 2.77 bits per heavy atom. The van der Waals surface area contributed by atoms with Crippen LogP contribution in [0.5, 0.6) is 0 Å². The third-order valence-corrected chi connectivity index (χ3v) is 3.69. The normalized spacial score (nSPS) is 10.8. The van der Waals surface area contributed by atoms with Crippen molar-refractivity contribution in [1.82, 2.24) is 19.3 Å². The van der Waals surface area contributed by atoms with Crippen molar-refractivity contribution in [3.63, 3.8) is 0 Å². The van der Waals surface area contributed by atoms with Crippen molar-refractivity contribution < 1.29 is 4.79 Å². The van der Waals surface area contributed by atoms with E-state index in [2.05, 4.69) is 15.4 Å². The van der Waals surface area contributed by atoms with Crippen LogP contribution in [0.15, 0.2) is 35.3 Å². The highest BCUT2D eigenvalue weighted by atomic mass is 32.1. The van der Waals surface area contributed by atoms with Crippen molar-refractivity contribution in [1.29, 1.82) is 0 Å². The van der Waals surface area contributed by atoms with Crippen LogP contribution in [0.3, 0.4) is 0 Å². The van der Waals surface area contributed by atoms with Crippen LogP contribution in [0.25, 0.3) is 10.9 Å². The molecule has 0 saturated heterocycles. The van der Waals surface area contributed by atoms with E-state index in [1.807, 2.05) is 0 Å². The van der Waals surface area contributed by atoms with Crippen LogP contribution in [0.1, 0.15) is 10.4 Å². The van der Waals surface area contributed by atoms with E-state index in [1.165, 1.54) is 4.57 Å². The standard InChI is InChI=1S/C14H13N5O2S/c1-18-6-5-11(17-18)16-12(20)8-3-4-9-10(7-8)15-14(22)19(2)13(9)21/h3-7H,1-2H3,(H,15,22)(H,16,17,20). The number of hydrogen-bond donors (Lipinski definition) is 2. The summed E-state index contributed by atoms with van der Waals surface area (Å²) in [5.74, 6) is 0.158. The molecular formula is C14H13N5O2S. The van der Waals surface area contributed by atoms with Crippen LogP contribution in [0, 0.1) is 4.77 Å². The van der Waals surface area contributed by atoms with Gasteiger partial charge in [0.25, 0.3) is 11.5 Å². The minimum absolute atomic E-state index is 0.199. The van der Waals surface area contributed by atoms with Gasteiger partial charge < -0.3 is 10.3 Å². The maximum absolute atomic E-state index is 12.2. The number of benzene rings is 1. The Morgan fingerprint density at radius 1 is 1.32 bits per heavy atom. The van der Waals surface area contributed by atoms with E-state index in [9.17, 15) is 9.59 Å². The smallest absolute Gasteiger partial charge is 0.261 e. The van der Waals surface area contributed by atoms with Gasteiger partial charge in [0.15, 0.2) is 10.6 Å². The molecule has 0 fully saturated rings. The summed E-state index contributed by atoms with van der Waals surface area (Å²) >= 11 is 5.08. The number of nitrogens with one attached hydrogen (secondary N) is 2. The molecule has 0 atom stereocenters. The molecule has 1 amide bonds. The highest BCUT2D eigenvalue weighted by molar-refractivity contribution is 7.71. The number of aromatic nitrogens is 4. The lowest BCUT2D eigenvalue weighted by Crippen LogP contribution is -2.19. The second-order valence-electron chi connectivity index (χ2n) is 4.88. The molecule has 0 bridgehead atoms. The van der Waals surface area contributed by atoms with Crippen molar-refractivity contribution >= 4 is 34.8 Å². The topological polar surface area (TPSA) is 84.7 Å². The van der Waals surface area contributed by atoms with Gasteiger partial charge in [0.05, 0.1) is 10.9 Å². The Balaban J connectivity index is 2.01. The van der Waals surface area contributed by atoms with Crippen molar-refractivity contribution in [2.75, 3.05) is 5.32 Å². The maximum atomic E-state index is 12.2. The van der Waals surface area contributed by atoms with E-state index in [0.717, 1.165) is 0 Å². The summed E-state index contributed by atoms with van der Waals surface area (Å²) in [6, 6.07) is 6.50. The number of nitrogens with zero attached hydrogens (tertiary/aromatic N) is 3. The Hall–Kier alpha value is -2.74. The molecule has 8 heteroatoms. The van der Waals surface area contributed by atoms with Crippen LogP contribution in [-0.2, 0) is 14.1 Å². The lowest BCUT2D eigenvalue weighted by Gasteiger charge is -2.05. The van der Waals surface area contributed by atoms with Crippen molar-refractivity contribution in [3.8, 4) is 0 Å². The molecule has 0 saturated carbocycles. The summed E-state index contributed by atoms with van der Waals surface area (Å²) in [7, 11) is 3.36. The molecule has 0 radical (unpaired) electrons. The predicted octanol–water partition coefficient (Wildman–Crippen LogP) is 1.58. The highest BCUT2D eigenvalue weighted by Crippen LogP contribution is 2.12. The second kappa shape index (κ2) is 5.23. The first-order valence-electron chi connectivity index (χ1n) is 6.50. The average molecular weight is 315 g/mol. The number of carbonyl (C=O) groups is 1. The third kappa shape index (κ3) is 2.44. The number of aromatic amines is 1. The number of rotatable bonds is 2. The van der Waals surface area contributed by atoms with Gasteiger partial charge >= 0.3 is 0 Å². The number of H-pyrrole nitrogens is 1. The zero-order valence-electron chi connectivity index (χ0n) is 12.0. The van der Waals surface area contributed by atoms with Crippen LogP contribution in [-0.4, -0.2) is 25.2 Å². The first kappa shape index (κ1) is 14.2. The van der Waals surface area contributed by atoms with E-state index < -0.39 is 0 Å². The first-order valence-corrected chi connectivity index (χ1v) is 6.90. The molecule has 2 heterocycles. The third-order valence-electron chi connectivity index (χ3n) is 3.32. The number of hydrogen-bond acceptors (Lipinski definition) is 4. The SMILES string of the molecule is Cn1ccc(NC(=O)c2ccc3c(=O)n(C)c(=S)[nH]c3c2)n1. The van der Waals surface area contributed by atoms with E-state index in [4.69, 9.17) is 12.2 Å². The van der Waals surface area contributed by atoms with Crippen molar-refractivity contribution in [3.05, 3.63) is 51.2 Å². The fourth-order valence-corrected chi connectivity index (χ4v) is 2.31. The number of aryl methyl sites for hydroxylation is 1. The molecule has 3 aromatic rings. The fourth-order valence-electron chi connectivity index (χ4n) is 2.12. The number of fused-ring (bicyclic) bond motifs is 1. The van der Waals surface area contributed by atoms with Gasteiger partial charge in [-0.3, -0.25) is 18.8 Å². The summed E-state index contributed by atoms with van der Waals surface area (Å²) < 4.78 is 3.25. The van der Waals surface area contributed by atoms with Gasteiger partial charge in [-0.2, -0.15) is 5.10 Å². The largest absolute Gasteiger partial charge is 0.332 e. The van der Waals surface area contributed by atoms with E-state index in [-0.39, 0.29) is 11.5 Å². The van der Waals surface area contributed by atoms with Gasteiger partial charge in [-0.05, 0) is 30.4 Å². The molecule has 3 rings (SSSR count). The molecule has 1 aromatic carbocycles. The number of amides is 1. The Kier molecular flexibility index (Phi) is 3.38. The summed E-state index contributed by atoms with van der Waals surface area (Å²) in [6.07, 6.45) is 1.73. The van der Waals surface area contributed by atoms with E-state index >= 15 is 0 Å². The zero-order valence-corrected chi connectivity index (χ0v) is 12.8. The quantitative estimate of drug-likeness (QED) is 0.703. The predicted molar refractivity (Wildman–Crippen MR) is 85.5 cm³/mol. The highest BCUT2D eigenvalue weighted by Gasteiger charge is 2.10. The minimum atomic E-state index is -0.305. The van der Waals surface area contributed by atoms with Crippen LogP contribution < -0.4 is 10.9 Å². The summed E-state index contributed by atoms with van der Waals surface area (Å²) in [5.41, 5.74) is 0.745. The Morgan fingerprint density at radius 2 is 2.09 bits per heavy atom. The molecule has 112 valence electrons. The first-order chi connectivity index (χ1) is 10.5. The molecule has 0 aliphatic heterocycles. The fraction of sp³-hybridized carbons (Fsp3) is 0.143. The molecule has 0 aliphatic carbocycles. The summed E-state index contributed by atoms with van der Waals surface area (Å²) in [5, 5.41) is 7.25. The molecular weight excluding hydrogens is 302 g/mol. The van der Waals surface area contributed by atoms with Gasteiger partial charge in [-0.25, -0.2) is 0 Å². The second-order valence-corrected chi connectivity index (χ2v) is 5.27. The van der Waals surface area contributed by atoms with Gasteiger partial charge in [-0.15, -0.1) is 0 Å². The van der Waals surface area contributed by atoms with Gasteiger partial charge in [-0.1, -0.05) is 0 Å². The Bertz CT molecular complexity index is 998. The maximum Gasteiger partial charge on any atom is 0.261 e. The van der Waals surface area contributed by atoms with Gasteiger partial charge in [0, 0.05) is 31.9 Å². The average Bonchev–Trinajstić information content (AvgIpc) is 2.89. The van der Waals surface area contributed by atoms with Crippen LogP contribution in [0.4, 0.5) is 5.82 Å². The molecule has 7 nitrogen and oxygen atoms in total. The zero-order chi connectivity index (χ0) is 15.9. The monoisotopic (exact) mass is 315 g/mol. The van der Waals surface area contributed by atoms with Crippen molar-refractivity contribution in [2.24, 2.45) is 14.1 Å². The minimum Gasteiger partial charge on any atom is -0.332 e. The summed E-state index contributed by atoms with van der Waals surface area (Å²) in [4.78, 5) is 27.2. The van der Waals surface area contributed by atoms with Gasteiger partial charge in [0.2, 0.25) is 0 Å². The van der Waals surface area contributed by atoms with Crippen LogP contribution >= 0.6 is 12.2 Å². The van der Waals surface area contributed by atoms with E-state index in [0.29, 0.717) is 27.1 Å².